The molecule has 88 valence electrons. The summed E-state index contributed by atoms with van der Waals surface area (Å²) in [5.41, 5.74) is 4.99. The van der Waals surface area contributed by atoms with Crippen molar-refractivity contribution >= 4 is 11.5 Å². The molecule has 0 aliphatic carbocycles. The summed E-state index contributed by atoms with van der Waals surface area (Å²) in [7, 11) is 0. The Morgan fingerprint density at radius 2 is 2.25 bits per heavy atom. The Morgan fingerprint density at radius 1 is 1.56 bits per heavy atom. The van der Waals surface area contributed by atoms with Gasteiger partial charge in [0.05, 0.1) is 0 Å². The highest BCUT2D eigenvalue weighted by Gasteiger charge is 2.10. The van der Waals surface area contributed by atoms with Crippen LogP contribution in [0.1, 0.15) is 13.3 Å². The van der Waals surface area contributed by atoms with Crippen LogP contribution in [0.3, 0.4) is 0 Å². The van der Waals surface area contributed by atoms with Gasteiger partial charge < -0.3 is 11.1 Å². The average Bonchev–Trinajstić information content (AvgIpc) is 2.24. The summed E-state index contributed by atoms with van der Waals surface area (Å²) in [5, 5.41) is 2.81. The molecule has 0 aromatic carbocycles. The monoisotopic (exact) mass is 224 g/mol. The normalized spacial score (nSPS) is 10.1. The quantitative estimate of drug-likeness (QED) is 0.620. The average molecular weight is 224 g/mol. The zero-order valence-electron chi connectivity index (χ0n) is 9.25. The topological polar surface area (TPSA) is 92.9 Å². The van der Waals surface area contributed by atoms with Gasteiger partial charge >= 0.3 is 5.69 Å². The number of nitrogens with zero attached hydrogens (tertiary/aromatic N) is 1. The fourth-order valence-electron chi connectivity index (χ4n) is 1.38. The van der Waals surface area contributed by atoms with E-state index in [9.17, 15) is 9.59 Å². The zero-order chi connectivity index (χ0) is 12.1. The number of hydrogen-bond acceptors (Lipinski definition) is 4. The summed E-state index contributed by atoms with van der Waals surface area (Å²) < 4.78 is 1.34. The fraction of sp³-hybridized carbons (Fsp3) is 0.400. The number of aromatic nitrogens is 2. The third kappa shape index (κ3) is 2.33. The van der Waals surface area contributed by atoms with Gasteiger partial charge in [-0.3, -0.25) is 14.3 Å². The second-order valence-electron chi connectivity index (χ2n) is 3.34. The van der Waals surface area contributed by atoms with Crippen LogP contribution < -0.4 is 22.3 Å². The van der Waals surface area contributed by atoms with Crippen molar-refractivity contribution in [3.05, 3.63) is 33.5 Å². The number of nitrogens with one attached hydrogen (secondary N) is 2. The predicted octanol–water partition coefficient (Wildman–Crippen LogP) is 0.127. The first-order chi connectivity index (χ1) is 7.61. The van der Waals surface area contributed by atoms with Crippen LogP contribution in [-0.2, 0) is 6.54 Å². The lowest BCUT2D eigenvalue weighted by Crippen LogP contribution is -2.34. The Hall–Kier alpha value is -1.98. The minimum atomic E-state index is -0.503. The largest absolute Gasteiger partial charge is 0.383 e. The first-order valence-electron chi connectivity index (χ1n) is 5.09. The Balaban J connectivity index is 3.27. The number of H-pyrrole nitrogens is 1. The van der Waals surface area contributed by atoms with Crippen LogP contribution in [0.15, 0.2) is 22.2 Å². The summed E-state index contributed by atoms with van der Waals surface area (Å²) in [6, 6.07) is 0. The predicted molar refractivity (Wildman–Crippen MR) is 64.7 cm³/mol. The molecule has 0 bridgehead atoms. The van der Waals surface area contributed by atoms with E-state index in [2.05, 4.69) is 16.9 Å². The summed E-state index contributed by atoms with van der Waals surface area (Å²) in [5.74, 6) is 0.164. The van der Waals surface area contributed by atoms with Gasteiger partial charge in [0, 0.05) is 13.1 Å². The van der Waals surface area contributed by atoms with Crippen molar-refractivity contribution in [1.82, 2.24) is 9.55 Å². The molecular formula is C10H16N4O2. The van der Waals surface area contributed by atoms with Crippen molar-refractivity contribution in [2.75, 3.05) is 17.6 Å². The lowest BCUT2D eigenvalue weighted by Gasteiger charge is -2.12. The molecule has 4 N–H and O–H groups in total. The van der Waals surface area contributed by atoms with E-state index in [1.807, 2.05) is 6.92 Å². The highest BCUT2D eigenvalue weighted by atomic mass is 16.2. The van der Waals surface area contributed by atoms with Gasteiger partial charge in [-0.1, -0.05) is 13.0 Å². The highest BCUT2D eigenvalue weighted by molar-refractivity contribution is 5.60. The standard InChI is InChI=1S/C10H16N4O2/c1-3-5-12-7-8(11)14(6-4-2)10(16)13-9(7)15/h3,12H,1,4-6,11H2,2H3,(H,13,15,16). The van der Waals surface area contributed by atoms with E-state index in [0.29, 0.717) is 13.1 Å². The van der Waals surface area contributed by atoms with Gasteiger partial charge in [0.25, 0.3) is 5.56 Å². The minimum Gasteiger partial charge on any atom is -0.383 e. The van der Waals surface area contributed by atoms with E-state index in [1.165, 1.54) is 4.57 Å². The molecule has 0 atom stereocenters. The van der Waals surface area contributed by atoms with E-state index in [1.54, 1.807) is 6.08 Å². The van der Waals surface area contributed by atoms with E-state index < -0.39 is 11.2 Å². The van der Waals surface area contributed by atoms with Gasteiger partial charge in [0.1, 0.15) is 11.5 Å². The molecule has 0 aliphatic rings. The van der Waals surface area contributed by atoms with Crippen molar-refractivity contribution in [1.29, 1.82) is 0 Å². The minimum absolute atomic E-state index is 0.164. The van der Waals surface area contributed by atoms with E-state index in [0.717, 1.165) is 6.42 Å². The van der Waals surface area contributed by atoms with Crippen LogP contribution in [-0.4, -0.2) is 16.1 Å². The lowest BCUT2D eigenvalue weighted by molar-refractivity contribution is 0.642. The van der Waals surface area contributed by atoms with E-state index in [4.69, 9.17) is 5.73 Å². The maximum Gasteiger partial charge on any atom is 0.330 e. The highest BCUT2D eigenvalue weighted by Crippen LogP contribution is 2.09. The maximum atomic E-state index is 11.5. The summed E-state index contributed by atoms with van der Waals surface area (Å²) in [6.45, 7) is 6.34. The van der Waals surface area contributed by atoms with Crippen molar-refractivity contribution in [2.24, 2.45) is 0 Å². The zero-order valence-corrected chi connectivity index (χ0v) is 9.25. The number of anilines is 2. The second-order valence-corrected chi connectivity index (χ2v) is 3.34. The second kappa shape index (κ2) is 5.20. The molecule has 16 heavy (non-hydrogen) atoms. The first-order valence-corrected chi connectivity index (χ1v) is 5.09. The summed E-state index contributed by atoms with van der Waals surface area (Å²) >= 11 is 0. The van der Waals surface area contributed by atoms with Crippen molar-refractivity contribution in [3.8, 4) is 0 Å². The van der Waals surface area contributed by atoms with Gasteiger partial charge in [0.2, 0.25) is 0 Å². The van der Waals surface area contributed by atoms with Crippen LogP contribution in [0.5, 0.6) is 0 Å². The molecule has 1 rings (SSSR count). The molecule has 1 aromatic rings. The van der Waals surface area contributed by atoms with Gasteiger partial charge in [0.15, 0.2) is 0 Å². The van der Waals surface area contributed by atoms with Gasteiger partial charge in [-0.05, 0) is 6.42 Å². The number of hydrogen-bond donors (Lipinski definition) is 3. The Morgan fingerprint density at radius 3 is 2.81 bits per heavy atom. The first kappa shape index (κ1) is 12.1. The number of rotatable bonds is 5. The van der Waals surface area contributed by atoms with E-state index in [-0.39, 0.29) is 11.5 Å². The molecule has 0 aliphatic heterocycles. The van der Waals surface area contributed by atoms with Crippen LogP contribution in [0, 0.1) is 0 Å². The Kier molecular flexibility index (Phi) is 3.93. The number of nitrogen functional groups attached to an aromatic ring is 1. The molecule has 0 radical (unpaired) electrons. The molecule has 0 fully saturated rings. The Labute approximate surface area is 92.8 Å². The molecule has 1 heterocycles. The molecule has 1 aromatic heterocycles. The molecule has 6 nitrogen and oxygen atoms in total. The molecule has 0 saturated carbocycles. The van der Waals surface area contributed by atoms with Crippen LogP contribution in [0.25, 0.3) is 0 Å². The summed E-state index contributed by atoms with van der Waals surface area (Å²) in [4.78, 5) is 25.2. The van der Waals surface area contributed by atoms with Crippen LogP contribution in [0.2, 0.25) is 0 Å². The maximum absolute atomic E-state index is 11.5. The summed E-state index contributed by atoms with van der Waals surface area (Å²) in [6.07, 6.45) is 2.37. The van der Waals surface area contributed by atoms with Gasteiger partial charge in [-0.2, -0.15) is 0 Å². The third-order valence-electron chi connectivity index (χ3n) is 2.11. The van der Waals surface area contributed by atoms with Crippen molar-refractivity contribution in [2.45, 2.75) is 19.9 Å². The van der Waals surface area contributed by atoms with Crippen molar-refractivity contribution in [3.63, 3.8) is 0 Å². The number of aromatic amines is 1. The van der Waals surface area contributed by atoms with Crippen LogP contribution in [0.4, 0.5) is 11.5 Å². The number of nitrogens with two attached hydrogens (primary N) is 1. The van der Waals surface area contributed by atoms with Crippen LogP contribution >= 0.6 is 0 Å². The third-order valence-corrected chi connectivity index (χ3v) is 2.11. The lowest BCUT2D eigenvalue weighted by atomic mass is 10.4. The SMILES string of the molecule is C=CCNc1c(N)n(CCC)c(=O)[nH]c1=O. The molecule has 0 spiro atoms. The fourth-order valence-corrected chi connectivity index (χ4v) is 1.38. The Bertz CT molecular complexity index is 487. The molecule has 6 heteroatoms. The molecule has 0 unspecified atom stereocenters. The van der Waals surface area contributed by atoms with E-state index >= 15 is 0 Å². The molecule has 0 amide bonds. The molecular weight excluding hydrogens is 208 g/mol. The van der Waals surface area contributed by atoms with Gasteiger partial charge in [-0.15, -0.1) is 6.58 Å². The van der Waals surface area contributed by atoms with Gasteiger partial charge in [-0.25, -0.2) is 4.79 Å². The van der Waals surface area contributed by atoms with Crippen molar-refractivity contribution < 1.29 is 0 Å². The molecule has 0 saturated heterocycles. The smallest absolute Gasteiger partial charge is 0.330 e.